The minimum absolute atomic E-state index is 0.00740. The molecule has 0 amide bonds. The standard InChI is InChI=1S/C14H22O13/c1-2-24-7-4(16)6(18)14(27-9(7)11(19)20)26-8-3(15)5(17)13(23)25-10(8)12(21)22/h3-10,13-18,23H,2H2,1H3,(H,19,20)(H,21,22)/t3-,4-,5?,6?,7+,8-,9?,10?,13+,14+/m0/s1. The van der Waals surface area contributed by atoms with Crippen molar-refractivity contribution in [2.24, 2.45) is 0 Å². The Kier molecular flexibility index (Phi) is 7.07. The number of carboxylic acid groups (broad SMARTS) is 2. The minimum Gasteiger partial charge on any atom is -0.479 e. The Bertz CT molecular complexity index is 541. The topological polar surface area (TPSA) is 213 Å². The molecule has 0 spiro atoms. The van der Waals surface area contributed by atoms with Gasteiger partial charge in [-0.2, -0.15) is 0 Å². The van der Waals surface area contributed by atoms with Crippen LogP contribution < -0.4 is 0 Å². The van der Waals surface area contributed by atoms with E-state index in [2.05, 4.69) is 4.74 Å². The van der Waals surface area contributed by atoms with Crippen LogP contribution >= 0.6 is 0 Å². The van der Waals surface area contributed by atoms with Gasteiger partial charge in [0.05, 0.1) is 0 Å². The van der Waals surface area contributed by atoms with Crippen LogP contribution in [0.4, 0.5) is 0 Å². The smallest absolute Gasteiger partial charge is 0.335 e. The molecule has 4 unspecified atom stereocenters. The van der Waals surface area contributed by atoms with Gasteiger partial charge >= 0.3 is 11.9 Å². The first-order valence-corrected chi connectivity index (χ1v) is 8.04. The Hall–Kier alpha value is -1.42. The third-order valence-corrected chi connectivity index (χ3v) is 4.24. The number of aliphatic carboxylic acids is 2. The summed E-state index contributed by atoms with van der Waals surface area (Å²) in [6.45, 7) is 1.54. The Morgan fingerprint density at radius 1 is 0.815 bits per heavy atom. The lowest BCUT2D eigenvalue weighted by atomic mass is 9.96. The van der Waals surface area contributed by atoms with Crippen molar-refractivity contribution in [3.05, 3.63) is 0 Å². The highest BCUT2D eigenvalue weighted by Crippen LogP contribution is 2.29. The van der Waals surface area contributed by atoms with Gasteiger partial charge in [-0.25, -0.2) is 9.59 Å². The normalized spacial score (nSPS) is 45.4. The largest absolute Gasteiger partial charge is 0.479 e. The van der Waals surface area contributed by atoms with Crippen molar-refractivity contribution >= 4 is 11.9 Å². The Morgan fingerprint density at radius 2 is 1.33 bits per heavy atom. The number of aliphatic hydroxyl groups is 5. The second-order valence-corrected chi connectivity index (χ2v) is 6.03. The molecule has 2 saturated heterocycles. The van der Waals surface area contributed by atoms with Gasteiger partial charge in [0.2, 0.25) is 0 Å². The fraction of sp³-hybridized carbons (Fsp3) is 0.857. The van der Waals surface area contributed by atoms with Gasteiger partial charge in [-0.3, -0.25) is 0 Å². The third-order valence-electron chi connectivity index (χ3n) is 4.24. The van der Waals surface area contributed by atoms with Crippen molar-refractivity contribution < 1.29 is 64.3 Å². The molecule has 27 heavy (non-hydrogen) atoms. The molecule has 7 N–H and O–H groups in total. The number of hydrogen-bond acceptors (Lipinski definition) is 11. The van der Waals surface area contributed by atoms with E-state index in [1.54, 1.807) is 0 Å². The molecule has 10 atom stereocenters. The van der Waals surface area contributed by atoms with Gasteiger partial charge in [-0.05, 0) is 6.92 Å². The molecule has 0 radical (unpaired) electrons. The highest BCUT2D eigenvalue weighted by atomic mass is 16.7. The van der Waals surface area contributed by atoms with Crippen molar-refractivity contribution in [2.75, 3.05) is 6.61 Å². The van der Waals surface area contributed by atoms with Crippen LogP contribution in [0.1, 0.15) is 6.92 Å². The van der Waals surface area contributed by atoms with Crippen LogP contribution in [-0.2, 0) is 28.5 Å². The van der Waals surface area contributed by atoms with Crippen molar-refractivity contribution in [2.45, 2.75) is 68.3 Å². The molecule has 0 aromatic heterocycles. The number of ether oxygens (including phenoxy) is 4. The monoisotopic (exact) mass is 398 g/mol. The molecule has 13 nitrogen and oxygen atoms in total. The molecule has 0 aromatic carbocycles. The number of hydrogen-bond donors (Lipinski definition) is 7. The van der Waals surface area contributed by atoms with Gasteiger partial charge in [-0.1, -0.05) is 0 Å². The van der Waals surface area contributed by atoms with E-state index in [1.165, 1.54) is 6.92 Å². The molecule has 2 aliphatic heterocycles. The summed E-state index contributed by atoms with van der Waals surface area (Å²) in [6.07, 6.45) is -18.5. The maximum atomic E-state index is 11.4. The molecular formula is C14H22O13. The maximum absolute atomic E-state index is 11.4. The van der Waals surface area contributed by atoms with Crippen LogP contribution in [0.5, 0.6) is 0 Å². The molecule has 0 bridgehead atoms. The first-order valence-electron chi connectivity index (χ1n) is 8.04. The molecular weight excluding hydrogens is 376 g/mol. The highest BCUT2D eigenvalue weighted by molar-refractivity contribution is 5.74. The van der Waals surface area contributed by atoms with Crippen LogP contribution in [0, 0.1) is 0 Å². The molecule has 0 saturated carbocycles. The number of aliphatic hydroxyl groups excluding tert-OH is 5. The van der Waals surface area contributed by atoms with Crippen molar-refractivity contribution in [3.63, 3.8) is 0 Å². The number of carbonyl (C=O) groups is 2. The summed E-state index contributed by atoms with van der Waals surface area (Å²) in [5, 5.41) is 67.7. The third kappa shape index (κ3) is 4.37. The minimum atomic E-state index is -2.02. The summed E-state index contributed by atoms with van der Waals surface area (Å²) in [4.78, 5) is 22.7. The predicted octanol–water partition coefficient (Wildman–Crippen LogP) is -4.17. The van der Waals surface area contributed by atoms with E-state index in [0.29, 0.717) is 0 Å². The summed E-state index contributed by atoms with van der Waals surface area (Å²) in [5.74, 6) is -3.21. The molecule has 2 rings (SSSR count). The number of rotatable bonds is 6. The first-order chi connectivity index (χ1) is 12.6. The second-order valence-electron chi connectivity index (χ2n) is 6.03. The second kappa shape index (κ2) is 8.72. The molecule has 156 valence electrons. The molecule has 0 aliphatic carbocycles. The lowest BCUT2D eigenvalue weighted by molar-refractivity contribution is -0.348. The van der Waals surface area contributed by atoms with E-state index in [9.17, 15) is 40.2 Å². The molecule has 0 aromatic rings. The SMILES string of the molecule is CCO[C@H]1C(C(=O)O)O[C@@H](O[C@@H]2C(C(=O)O)O[C@@H](O)C(O)[C@@H]2O)C(O)[C@@H]1O. The van der Waals surface area contributed by atoms with Gasteiger partial charge in [0, 0.05) is 6.61 Å². The van der Waals surface area contributed by atoms with Gasteiger partial charge in [-0.15, -0.1) is 0 Å². The Labute approximate surface area is 152 Å². The zero-order valence-electron chi connectivity index (χ0n) is 14.1. The van der Waals surface area contributed by atoms with E-state index in [0.717, 1.165) is 0 Å². The lowest BCUT2D eigenvalue weighted by Crippen LogP contribution is -2.65. The maximum Gasteiger partial charge on any atom is 0.335 e. The quantitative estimate of drug-likeness (QED) is 0.226. The fourth-order valence-corrected chi connectivity index (χ4v) is 2.88. The summed E-state index contributed by atoms with van der Waals surface area (Å²) >= 11 is 0. The van der Waals surface area contributed by atoms with Crippen molar-refractivity contribution in [1.82, 2.24) is 0 Å². The first kappa shape index (κ1) is 21.9. The van der Waals surface area contributed by atoms with Crippen LogP contribution in [0.25, 0.3) is 0 Å². The van der Waals surface area contributed by atoms with Gasteiger partial charge < -0.3 is 54.7 Å². The molecule has 2 fully saturated rings. The van der Waals surface area contributed by atoms with Crippen molar-refractivity contribution in [1.29, 1.82) is 0 Å². The highest BCUT2D eigenvalue weighted by Gasteiger charge is 2.53. The van der Waals surface area contributed by atoms with Crippen molar-refractivity contribution in [3.8, 4) is 0 Å². The van der Waals surface area contributed by atoms with E-state index in [1.807, 2.05) is 0 Å². The zero-order valence-corrected chi connectivity index (χ0v) is 14.1. The molecule has 2 heterocycles. The Balaban J connectivity index is 2.23. The van der Waals surface area contributed by atoms with Gasteiger partial charge in [0.15, 0.2) is 24.8 Å². The van der Waals surface area contributed by atoms with Crippen LogP contribution in [0.15, 0.2) is 0 Å². The lowest BCUT2D eigenvalue weighted by Gasteiger charge is -2.44. The fourth-order valence-electron chi connectivity index (χ4n) is 2.88. The average Bonchev–Trinajstić information content (AvgIpc) is 2.60. The molecule has 13 heteroatoms. The Morgan fingerprint density at radius 3 is 1.85 bits per heavy atom. The number of carboxylic acids is 2. The summed E-state index contributed by atoms with van der Waals surface area (Å²) < 4.78 is 20.0. The predicted molar refractivity (Wildman–Crippen MR) is 79.1 cm³/mol. The van der Waals surface area contributed by atoms with E-state index in [4.69, 9.17) is 19.3 Å². The van der Waals surface area contributed by atoms with E-state index < -0.39 is 73.4 Å². The summed E-state index contributed by atoms with van der Waals surface area (Å²) in [5.41, 5.74) is 0. The van der Waals surface area contributed by atoms with Crippen LogP contribution in [0.2, 0.25) is 0 Å². The zero-order chi connectivity index (χ0) is 20.5. The summed E-state index contributed by atoms with van der Waals surface area (Å²) in [7, 11) is 0. The summed E-state index contributed by atoms with van der Waals surface area (Å²) in [6, 6.07) is 0. The van der Waals surface area contributed by atoms with E-state index in [-0.39, 0.29) is 6.61 Å². The molecule has 2 aliphatic rings. The van der Waals surface area contributed by atoms with Gasteiger partial charge in [0.25, 0.3) is 0 Å². The average molecular weight is 398 g/mol. The van der Waals surface area contributed by atoms with E-state index >= 15 is 0 Å². The van der Waals surface area contributed by atoms with Crippen LogP contribution in [0.3, 0.4) is 0 Å². The van der Waals surface area contributed by atoms with Crippen LogP contribution in [-0.4, -0.2) is 116 Å². The van der Waals surface area contributed by atoms with Gasteiger partial charge in [0.1, 0.15) is 36.6 Å².